The number of methoxy groups -OCH3 is 2. The van der Waals surface area contributed by atoms with Crippen molar-refractivity contribution in [1.82, 2.24) is 5.01 Å². The summed E-state index contributed by atoms with van der Waals surface area (Å²) in [6.07, 6.45) is -0.849. The van der Waals surface area contributed by atoms with E-state index < -0.39 is 6.23 Å². The minimum absolute atomic E-state index is 0.0450. The molecule has 0 radical (unpaired) electrons. The van der Waals surface area contributed by atoms with Gasteiger partial charge in [-0.25, -0.2) is 0 Å². The normalized spacial score (nSPS) is 15.8. The van der Waals surface area contributed by atoms with Gasteiger partial charge >= 0.3 is 0 Å². The van der Waals surface area contributed by atoms with Gasteiger partial charge in [-0.1, -0.05) is 30.3 Å². The maximum Gasteiger partial charge on any atom is 0.244 e. The van der Waals surface area contributed by atoms with Crippen LogP contribution in [-0.2, 0) is 9.53 Å². The van der Waals surface area contributed by atoms with Crippen molar-refractivity contribution in [2.24, 2.45) is 5.10 Å². The molecular formula is C22H20N2O5. The van der Waals surface area contributed by atoms with Crippen LogP contribution in [0.25, 0.3) is 10.8 Å². The van der Waals surface area contributed by atoms with Gasteiger partial charge in [-0.05, 0) is 29.7 Å². The summed E-state index contributed by atoms with van der Waals surface area (Å²) < 4.78 is 16.8. The molecule has 1 amide bonds. The Hall–Kier alpha value is -3.74. The Kier molecular flexibility index (Phi) is 4.72. The topological polar surface area (TPSA) is 80.6 Å². The molecule has 0 fully saturated rings. The van der Waals surface area contributed by atoms with Crippen LogP contribution in [0.5, 0.6) is 17.2 Å². The van der Waals surface area contributed by atoms with Crippen LogP contribution < -0.4 is 9.47 Å². The number of hydrogen-bond donors (Lipinski definition) is 1. The van der Waals surface area contributed by atoms with E-state index in [9.17, 15) is 9.90 Å². The third-order valence-electron chi connectivity index (χ3n) is 4.80. The predicted octanol–water partition coefficient (Wildman–Crippen LogP) is 3.80. The van der Waals surface area contributed by atoms with Gasteiger partial charge in [0.25, 0.3) is 0 Å². The van der Waals surface area contributed by atoms with Gasteiger partial charge in [0.05, 0.1) is 25.3 Å². The van der Waals surface area contributed by atoms with Crippen LogP contribution in [0, 0.1) is 0 Å². The molecule has 29 heavy (non-hydrogen) atoms. The van der Waals surface area contributed by atoms with Gasteiger partial charge in [-0.15, -0.1) is 5.10 Å². The number of aromatic hydroxyl groups is 1. The average Bonchev–Trinajstić information content (AvgIpc) is 3.19. The highest BCUT2D eigenvalue weighted by Crippen LogP contribution is 2.39. The third kappa shape index (κ3) is 3.20. The molecule has 1 unspecified atom stereocenters. The highest BCUT2D eigenvalue weighted by atomic mass is 16.5. The van der Waals surface area contributed by atoms with Crippen molar-refractivity contribution < 1.29 is 24.1 Å². The number of hydrogen-bond acceptors (Lipinski definition) is 6. The van der Waals surface area contributed by atoms with E-state index in [0.717, 1.165) is 5.39 Å². The SMILES string of the molecule is COc1ccc(OC)c(C2OC(c3ccc4ccccc4c3O)=NN2C(C)=O)c1. The maximum absolute atomic E-state index is 12.3. The third-order valence-corrected chi connectivity index (χ3v) is 4.80. The Bertz CT molecular complexity index is 1130. The zero-order chi connectivity index (χ0) is 20.5. The van der Waals surface area contributed by atoms with Crippen LogP contribution in [0.4, 0.5) is 0 Å². The summed E-state index contributed by atoms with van der Waals surface area (Å²) in [7, 11) is 3.09. The summed E-state index contributed by atoms with van der Waals surface area (Å²) in [5.74, 6) is 1.01. The van der Waals surface area contributed by atoms with Gasteiger partial charge < -0.3 is 19.3 Å². The molecule has 0 aromatic heterocycles. The molecule has 0 saturated heterocycles. The first-order chi connectivity index (χ1) is 14.0. The maximum atomic E-state index is 12.3. The van der Waals surface area contributed by atoms with Gasteiger partial charge in [0, 0.05) is 12.3 Å². The lowest BCUT2D eigenvalue weighted by atomic mass is 10.1. The fourth-order valence-corrected chi connectivity index (χ4v) is 3.34. The van der Waals surface area contributed by atoms with Crippen molar-refractivity contribution in [3.8, 4) is 17.2 Å². The quantitative estimate of drug-likeness (QED) is 0.730. The van der Waals surface area contributed by atoms with Crippen molar-refractivity contribution in [2.45, 2.75) is 13.2 Å². The second kappa shape index (κ2) is 7.35. The molecule has 1 N–H and O–H groups in total. The zero-order valence-corrected chi connectivity index (χ0v) is 16.2. The van der Waals surface area contributed by atoms with Gasteiger partial charge in [0.15, 0.2) is 0 Å². The van der Waals surface area contributed by atoms with Crippen LogP contribution in [-0.4, -0.2) is 36.1 Å². The Morgan fingerprint density at radius 2 is 1.90 bits per heavy atom. The van der Waals surface area contributed by atoms with E-state index in [1.54, 1.807) is 31.4 Å². The Balaban J connectivity index is 1.79. The molecule has 0 spiro atoms. The van der Waals surface area contributed by atoms with Crippen LogP contribution in [0.15, 0.2) is 59.7 Å². The molecular weight excluding hydrogens is 372 g/mol. The van der Waals surface area contributed by atoms with Crippen molar-refractivity contribution in [3.63, 3.8) is 0 Å². The summed E-state index contributed by atoms with van der Waals surface area (Å²) in [5, 5.41) is 17.9. The molecule has 0 aliphatic carbocycles. The van der Waals surface area contributed by atoms with Crippen molar-refractivity contribution >= 4 is 22.6 Å². The largest absolute Gasteiger partial charge is 0.506 e. The first-order valence-electron chi connectivity index (χ1n) is 9.01. The molecule has 1 atom stereocenters. The van der Waals surface area contributed by atoms with Crippen LogP contribution in [0.2, 0.25) is 0 Å². The first-order valence-corrected chi connectivity index (χ1v) is 9.01. The number of amides is 1. The predicted molar refractivity (Wildman–Crippen MR) is 108 cm³/mol. The van der Waals surface area contributed by atoms with Crippen molar-refractivity contribution in [1.29, 1.82) is 0 Å². The fraction of sp³-hybridized carbons (Fsp3) is 0.182. The number of hydrazone groups is 1. The van der Waals surface area contributed by atoms with E-state index in [4.69, 9.17) is 14.2 Å². The number of carbonyl (C=O) groups excluding carboxylic acids is 1. The molecule has 4 rings (SSSR count). The number of carbonyl (C=O) groups is 1. The molecule has 3 aromatic rings. The zero-order valence-electron chi connectivity index (χ0n) is 16.2. The van der Waals surface area contributed by atoms with Crippen LogP contribution >= 0.6 is 0 Å². The van der Waals surface area contributed by atoms with Crippen LogP contribution in [0.3, 0.4) is 0 Å². The standard InChI is InChI=1S/C22H20N2O5/c1-13(25)24-22(18-12-15(27-2)9-11-19(18)28-3)29-21(23-24)17-10-8-14-6-4-5-7-16(14)20(17)26/h4-12,22,26H,1-3H3. The van der Waals surface area contributed by atoms with Crippen molar-refractivity contribution in [2.75, 3.05) is 14.2 Å². The molecule has 1 aliphatic heterocycles. The summed E-state index contributed by atoms with van der Waals surface area (Å²) in [6.45, 7) is 1.40. The van der Waals surface area contributed by atoms with E-state index in [1.807, 2.05) is 30.3 Å². The minimum atomic E-state index is -0.849. The fourth-order valence-electron chi connectivity index (χ4n) is 3.34. The summed E-state index contributed by atoms with van der Waals surface area (Å²) in [6, 6.07) is 16.3. The molecule has 148 valence electrons. The van der Waals surface area contributed by atoms with Crippen molar-refractivity contribution in [3.05, 3.63) is 65.7 Å². The molecule has 0 saturated carbocycles. The second-order valence-electron chi connectivity index (χ2n) is 6.53. The number of ether oxygens (including phenoxy) is 3. The van der Waals surface area contributed by atoms with E-state index in [-0.39, 0.29) is 17.6 Å². The Morgan fingerprint density at radius 3 is 2.62 bits per heavy atom. The summed E-state index contributed by atoms with van der Waals surface area (Å²) in [5.41, 5.74) is 0.986. The molecule has 7 heteroatoms. The van der Waals surface area contributed by atoms with Gasteiger partial charge in [-0.3, -0.25) is 4.79 Å². The summed E-state index contributed by atoms with van der Waals surface area (Å²) in [4.78, 5) is 12.3. The molecule has 1 heterocycles. The monoisotopic (exact) mass is 392 g/mol. The van der Waals surface area contributed by atoms with Gasteiger partial charge in [-0.2, -0.15) is 5.01 Å². The number of phenols is 1. The second-order valence-corrected chi connectivity index (χ2v) is 6.53. The lowest BCUT2D eigenvalue weighted by Gasteiger charge is -2.21. The molecule has 3 aromatic carbocycles. The lowest BCUT2D eigenvalue weighted by Crippen LogP contribution is -2.25. The van der Waals surface area contributed by atoms with E-state index in [2.05, 4.69) is 5.10 Å². The number of benzene rings is 3. The number of fused-ring (bicyclic) bond motifs is 1. The number of rotatable bonds is 4. The first kappa shape index (κ1) is 18.6. The minimum Gasteiger partial charge on any atom is -0.506 e. The molecule has 1 aliphatic rings. The van der Waals surface area contributed by atoms with E-state index in [0.29, 0.717) is 28.0 Å². The average molecular weight is 392 g/mol. The lowest BCUT2D eigenvalue weighted by molar-refractivity contribution is -0.135. The highest BCUT2D eigenvalue weighted by Gasteiger charge is 2.36. The van der Waals surface area contributed by atoms with Gasteiger partial charge in [0.2, 0.25) is 18.0 Å². The molecule has 7 nitrogen and oxygen atoms in total. The van der Waals surface area contributed by atoms with E-state index >= 15 is 0 Å². The number of phenolic OH excluding ortho intramolecular Hbond substituents is 1. The summed E-state index contributed by atoms with van der Waals surface area (Å²) >= 11 is 0. The Labute approximate surface area is 167 Å². The number of nitrogens with zero attached hydrogens (tertiary/aromatic N) is 2. The van der Waals surface area contributed by atoms with Crippen LogP contribution in [0.1, 0.15) is 24.3 Å². The van der Waals surface area contributed by atoms with E-state index in [1.165, 1.54) is 19.0 Å². The molecule has 0 bridgehead atoms. The highest BCUT2D eigenvalue weighted by molar-refractivity contribution is 6.04. The smallest absolute Gasteiger partial charge is 0.244 e. The Morgan fingerprint density at radius 1 is 1.10 bits per heavy atom. The van der Waals surface area contributed by atoms with Gasteiger partial charge in [0.1, 0.15) is 17.2 Å².